The molecule has 1 saturated heterocycles. The van der Waals surface area contributed by atoms with E-state index in [-0.39, 0.29) is 24.0 Å². The molecule has 1 heterocycles. The summed E-state index contributed by atoms with van der Waals surface area (Å²) in [6, 6.07) is 5.47. The molecule has 1 N–H and O–H groups in total. The number of halogens is 1. The van der Waals surface area contributed by atoms with Crippen molar-refractivity contribution >= 4 is 47.7 Å². The van der Waals surface area contributed by atoms with Crippen LogP contribution in [0.4, 0.5) is 0 Å². The number of guanidine groups is 1. The second-order valence-corrected chi connectivity index (χ2v) is 7.45. The first-order valence-corrected chi connectivity index (χ1v) is 10.1. The van der Waals surface area contributed by atoms with Crippen molar-refractivity contribution in [1.29, 1.82) is 0 Å². The van der Waals surface area contributed by atoms with Crippen LogP contribution in [0.5, 0.6) is 5.75 Å². The summed E-state index contributed by atoms with van der Waals surface area (Å²) in [5, 5.41) is 4.06. The number of nitrogens with one attached hydrogen (secondary N) is 1. The van der Waals surface area contributed by atoms with Gasteiger partial charge < -0.3 is 19.7 Å². The summed E-state index contributed by atoms with van der Waals surface area (Å²) in [6.45, 7) is 7.72. The van der Waals surface area contributed by atoms with E-state index in [0.29, 0.717) is 23.1 Å². The molecule has 0 saturated carbocycles. The minimum atomic E-state index is -0.401. The molecule has 6 nitrogen and oxygen atoms in total. The Morgan fingerprint density at radius 2 is 2.15 bits per heavy atom. The third kappa shape index (κ3) is 6.74. The van der Waals surface area contributed by atoms with E-state index in [1.807, 2.05) is 23.9 Å². The van der Waals surface area contributed by atoms with Crippen molar-refractivity contribution in [2.45, 2.75) is 32.1 Å². The minimum Gasteiger partial charge on any atom is -0.496 e. The normalized spacial score (nSPS) is 17.1. The summed E-state index contributed by atoms with van der Waals surface area (Å²) in [7, 11) is 2.91. The van der Waals surface area contributed by atoms with Crippen molar-refractivity contribution < 1.29 is 14.3 Å². The Bertz CT molecular complexity index is 643. The number of carbonyl (C=O) groups is 1. The first-order valence-electron chi connectivity index (χ1n) is 9.02. The fourth-order valence-corrected chi connectivity index (χ4v) is 4.04. The van der Waals surface area contributed by atoms with Gasteiger partial charge in [-0.05, 0) is 31.0 Å². The Morgan fingerprint density at radius 1 is 1.37 bits per heavy atom. The van der Waals surface area contributed by atoms with E-state index >= 15 is 0 Å². The van der Waals surface area contributed by atoms with Gasteiger partial charge in [0.05, 0.1) is 20.8 Å². The quantitative estimate of drug-likeness (QED) is 0.276. The van der Waals surface area contributed by atoms with E-state index in [1.165, 1.54) is 13.5 Å². The van der Waals surface area contributed by atoms with Crippen LogP contribution in [0.15, 0.2) is 23.2 Å². The summed E-state index contributed by atoms with van der Waals surface area (Å²) in [5.74, 6) is 2.18. The molecule has 1 atom stereocenters. The Labute approximate surface area is 183 Å². The summed E-state index contributed by atoms with van der Waals surface area (Å²) in [4.78, 5) is 18.9. The molecule has 1 aliphatic heterocycles. The number of carbonyl (C=O) groups excluding carboxylic acids is 1. The molecule has 8 heteroatoms. The number of thioether (sulfide) groups is 1. The maximum atomic E-state index is 11.8. The lowest BCUT2D eigenvalue weighted by molar-refractivity contribution is 0.0597. The Morgan fingerprint density at radius 3 is 2.78 bits per heavy atom. The van der Waals surface area contributed by atoms with Crippen LogP contribution >= 0.6 is 35.7 Å². The molecule has 1 fully saturated rings. The van der Waals surface area contributed by atoms with Crippen LogP contribution in [-0.4, -0.2) is 61.7 Å². The zero-order valence-electron chi connectivity index (χ0n) is 16.5. The van der Waals surface area contributed by atoms with Crippen LogP contribution in [0.3, 0.4) is 0 Å². The van der Waals surface area contributed by atoms with Crippen molar-refractivity contribution in [1.82, 2.24) is 10.2 Å². The second kappa shape index (κ2) is 12.3. The molecular formula is C19H30IN3O3S. The largest absolute Gasteiger partial charge is 0.496 e. The fraction of sp³-hybridized carbons (Fsp3) is 0.579. The Balaban J connectivity index is 0.00000364. The molecule has 0 aliphatic carbocycles. The number of methoxy groups -OCH3 is 2. The summed E-state index contributed by atoms with van der Waals surface area (Å²) >= 11 is 2.04. The van der Waals surface area contributed by atoms with Gasteiger partial charge in [0, 0.05) is 30.6 Å². The topological polar surface area (TPSA) is 63.2 Å². The number of ether oxygens (including phenoxy) is 2. The lowest BCUT2D eigenvalue weighted by Crippen LogP contribution is -2.48. The number of aliphatic imine (C=N–C) groups is 1. The second-order valence-electron chi connectivity index (χ2n) is 6.04. The third-order valence-corrected chi connectivity index (χ3v) is 5.68. The number of benzene rings is 1. The molecule has 2 rings (SSSR count). The van der Waals surface area contributed by atoms with Gasteiger partial charge in [0.25, 0.3) is 0 Å². The number of esters is 1. The van der Waals surface area contributed by atoms with Crippen molar-refractivity contribution in [2.24, 2.45) is 4.99 Å². The summed E-state index contributed by atoms with van der Waals surface area (Å²) in [5.41, 5.74) is 1.41. The standard InChI is InChI=1S/C19H29N3O3S.HI/c1-5-15-13-22(9-10-26-15)19(20-6-2)21-12-14-7-8-16(18(23)25-4)17(11-14)24-3;/h7-8,11,15H,5-6,9-10,12-13H2,1-4H3,(H,20,21);1H. The van der Waals surface area contributed by atoms with E-state index < -0.39 is 5.97 Å². The van der Waals surface area contributed by atoms with Crippen LogP contribution in [0.25, 0.3) is 0 Å². The van der Waals surface area contributed by atoms with Gasteiger partial charge >= 0.3 is 5.97 Å². The molecule has 0 aromatic heterocycles. The molecule has 0 amide bonds. The van der Waals surface area contributed by atoms with Gasteiger partial charge in [0.15, 0.2) is 5.96 Å². The monoisotopic (exact) mass is 507 g/mol. The molecular weight excluding hydrogens is 477 g/mol. The lowest BCUT2D eigenvalue weighted by atomic mass is 10.1. The molecule has 1 aromatic rings. The first kappa shape index (κ1) is 23.9. The number of nitrogens with zero attached hydrogens (tertiary/aromatic N) is 2. The van der Waals surface area contributed by atoms with Gasteiger partial charge in [-0.25, -0.2) is 9.79 Å². The lowest BCUT2D eigenvalue weighted by Gasteiger charge is -2.34. The van der Waals surface area contributed by atoms with E-state index in [0.717, 1.165) is 36.9 Å². The molecule has 1 unspecified atom stereocenters. The van der Waals surface area contributed by atoms with Crippen LogP contribution in [0.1, 0.15) is 36.2 Å². The number of hydrogen-bond donors (Lipinski definition) is 1. The van der Waals surface area contributed by atoms with Gasteiger partial charge in [-0.1, -0.05) is 13.0 Å². The molecule has 1 aliphatic rings. The van der Waals surface area contributed by atoms with Crippen LogP contribution < -0.4 is 10.1 Å². The third-order valence-electron chi connectivity index (χ3n) is 4.31. The zero-order chi connectivity index (χ0) is 18.9. The van der Waals surface area contributed by atoms with E-state index in [9.17, 15) is 4.79 Å². The highest BCUT2D eigenvalue weighted by molar-refractivity contribution is 14.0. The molecule has 0 bridgehead atoms. The molecule has 152 valence electrons. The van der Waals surface area contributed by atoms with Gasteiger partial charge in [0.2, 0.25) is 0 Å². The van der Waals surface area contributed by atoms with Gasteiger partial charge in [-0.15, -0.1) is 24.0 Å². The van der Waals surface area contributed by atoms with Crippen LogP contribution in [0.2, 0.25) is 0 Å². The average molecular weight is 507 g/mol. The SMILES string of the molecule is CCNC(=NCc1ccc(C(=O)OC)c(OC)c1)N1CCSC(CC)C1.I. The highest BCUT2D eigenvalue weighted by Gasteiger charge is 2.21. The number of hydrogen-bond acceptors (Lipinski definition) is 5. The van der Waals surface area contributed by atoms with Crippen molar-refractivity contribution in [3.05, 3.63) is 29.3 Å². The maximum absolute atomic E-state index is 11.8. The van der Waals surface area contributed by atoms with Gasteiger partial charge in [-0.3, -0.25) is 0 Å². The van der Waals surface area contributed by atoms with Crippen LogP contribution in [-0.2, 0) is 11.3 Å². The highest BCUT2D eigenvalue weighted by Crippen LogP contribution is 2.23. The first-order chi connectivity index (χ1) is 12.6. The average Bonchev–Trinajstić information content (AvgIpc) is 2.70. The van der Waals surface area contributed by atoms with Gasteiger partial charge in [-0.2, -0.15) is 11.8 Å². The summed E-state index contributed by atoms with van der Waals surface area (Å²) < 4.78 is 10.1. The Hall–Kier alpha value is -1.16. The van der Waals surface area contributed by atoms with Crippen molar-refractivity contribution in [2.75, 3.05) is 39.6 Å². The fourth-order valence-electron chi connectivity index (χ4n) is 2.86. The predicted molar refractivity (Wildman–Crippen MR) is 123 cm³/mol. The predicted octanol–water partition coefficient (Wildman–Crippen LogP) is 3.39. The Kier molecular flexibility index (Phi) is 10.9. The molecule has 0 spiro atoms. The van der Waals surface area contributed by atoms with E-state index in [1.54, 1.807) is 13.2 Å². The number of rotatable bonds is 6. The zero-order valence-corrected chi connectivity index (χ0v) is 19.6. The molecule has 1 aromatic carbocycles. The molecule has 27 heavy (non-hydrogen) atoms. The van der Waals surface area contributed by atoms with E-state index in [4.69, 9.17) is 14.5 Å². The minimum absolute atomic E-state index is 0. The highest BCUT2D eigenvalue weighted by atomic mass is 127. The van der Waals surface area contributed by atoms with Gasteiger partial charge in [0.1, 0.15) is 11.3 Å². The van der Waals surface area contributed by atoms with Crippen LogP contribution in [0, 0.1) is 0 Å². The van der Waals surface area contributed by atoms with Crippen molar-refractivity contribution in [3.8, 4) is 5.75 Å². The van der Waals surface area contributed by atoms with Crippen molar-refractivity contribution in [3.63, 3.8) is 0 Å². The molecule has 0 radical (unpaired) electrons. The smallest absolute Gasteiger partial charge is 0.341 e. The van der Waals surface area contributed by atoms with E-state index in [2.05, 4.69) is 24.1 Å². The maximum Gasteiger partial charge on any atom is 0.341 e. The summed E-state index contributed by atoms with van der Waals surface area (Å²) in [6.07, 6.45) is 1.17.